The quantitative estimate of drug-likeness (QED) is 0.198. The lowest BCUT2D eigenvalue weighted by molar-refractivity contribution is 0.284. The van der Waals surface area contributed by atoms with Gasteiger partial charge in [-0.25, -0.2) is 9.37 Å². The SMILES string of the molecule is COc1cc(C=Nn2c(-c3cc4cc(Cl)ccc4o3)nc3ccccc3c2=O)ccc1OCc1ccc(F)cc1. The van der Waals surface area contributed by atoms with Crippen LogP contribution in [0.25, 0.3) is 33.5 Å². The predicted molar refractivity (Wildman–Crippen MR) is 153 cm³/mol. The zero-order chi connectivity index (χ0) is 27.6. The van der Waals surface area contributed by atoms with Crippen LogP contribution in [0.2, 0.25) is 5.02 Å². The van der Waals surface area contributed by atoms with Crippen LogP contribution in [0.1, 0.15) is 11.1 Å². The highest BCUT2D eigenvalue weighted by Gasteiger charge is 2.17. The molecular formula is C31H21ClFN3O4. The Morgan fingerprint density at radius 1 is 1.00 bits per heavy atom. The number of nitrogens with zero attached hydrogens (tertiary/aromatic N) is 3. The van der Waals surface area contributed by atoms with Gasteiger partial charge in [0, 0.05) is 10.4 Å². The van der Waals surface area contributed by atoms with Crippen molar-refractivity contribution >= 4 is 39.7 Å². The molecular weight excluding hydrogens is 533 g/mol. The Balaban J connectivity index is 1.36. The monoisotopic (exact) mass is 553 g/mol. The molecule has 7 nitrogen and oxygen atoms in total. The fourth-order valence-electron chi connectivity index (χ4n) is 4.26. The van der Waals surface area contributed by atoms with Gasteiger partial charge < -0.3 is 13.9 Å². The molecule has 40 heavy (non-hydrogen) atoms. The molecule has 0 spiro atoms. The Kier molecular flexibility index (Phi) is 6.76. The summed E-state index contributed by atoms with van der Waals surface area (Å²) in [5.74, 6) is 1.30. The van der Waals surface area contributed by atoms with Gasteiger partial charge in [0.25, 0.3) is 5.56 Å². The summed E-state index contributed by atoms with van der Waals surface area (Å²) in [4.78, 5) is 18.2. The Morgan fingerprint density at radius 2 is 1.82 bits per heavy atom. The number of methoxy groups -OCH3 is 1. The van der Waals surface area contributed by atoms with Gasteiger partial charge in [0.05, 0.1) is 24.2 Å². The molecule has 0 atom stereocenters. The standard InChI is InChI=1S/C31H21ClFN3O4/c1-38-28-14-20(8-12-27(28)39-18-19-6-10-23(33)11-7-19)17-34-36-30(35-25-5-3-2-4-24(25)31(36)37)29-16-21-15-22(32)9-13-26(21)40-29/h2-17H,18H2,1H3. The number of hydrogen-bond donors (Lipinski definition) is 0. The Morgan fingerprint density at radius 3 is 2.65 bits per heavy atom. The van der Waals surface area contributed by atoms with Crippen LogP contribution in [0, 0.1) is 5.82 Å². The van der Waals surface area contributed by atoms with Crippen LogP contribution in [0.5, 0.6) is 11.5 Å². The van der Waals surface area contributed by atoms with E-state index in [9.17, 15) is 9.18 Å². The molecule has 0 saturated carbocycles. The van der Waals surface area contributed by atoms with E-state index in [2.05, 4.69) is 5.10 Å². The topological polar surface area (TPSA) is 78.9 Å². The highest BCUT2D eigenvalue weighted by molar-refractivity contribution is 6.31. The van der Waals surface area contributed by atoms with Crippen LogP contribution in [-0.4, -0.2) is 23.0 Å². The summed E-state index contributed by atoms with van der Waals surface area (Å²) in [6, 6.07) is 25.5. The van der Waals surface area contributed by atoms with E-state index in [4.69, 9.17) is 30.5 Å². The van der Waals surface area contributed by atoms with Gasteiger partial charge >= 0.3 is 0 Å². The molecule has 6 aromatic rings. The van der Waals surface area contributed by atoms with Gasteiger partial charge in [-0.1, -0.05) is 35.9 Å². The first-order valence-corrected chi connectivity index (χ1v) is 12.7. The normalized spacial score (nSPS) is 11.5. The van der Waals surface area contributed by atoms with E-state index in [0.29, 0.717) is 44.3 Å². The molecule has 6 rings (SSSR count). The maximum atomic E-state index is 13.5. The first-order chi connectivity index (χ1) is 19.5. The average molecular weight is 554 g/mol. The van der Waals surface area contributed by atoms with Gasteiger partial charge in [-0.05, 0) is 77.9 Å². The van der Waals surface area contributed by atoms with Crippen molar-refractivity contribution in [3.8, 4) is 23.1 Å². The zero-order valence-corrected chi connectivity index (χ0v) is 21.9. The van der Waals surface area contributed by atoms with Crippen LogP contribution in [0.4, 0.5) is 4.39 Å². The summed E-state index contributed by atoms with van der Waals surface area (Å²) in [5.41, 5.74) is 2.27. The number of hydrogen-bond acceptors (Lipinski definition) is 6. The van der Waals surface area contributed by atoms with Gasteiger partial charge in [-0.3, -0.25) is 4.79 Å². The third kappa shape index (κ3) is 5.04. The van der Waals surface area contributed by atoms with E-state index in [1.165, 1.54) is 30.1 Å². The van der Waals surface area contributed by atoms with Crippen molar-refractivity contribution in [2.45, 2.75) is 6.61 Å². The predicted octanol–water partition coefficient (Wildman–Crippen LogP) is 7.07. The van der Waals surface area contributed by atoms with E-state index in [-0.39, 0.29) is 23.8 Å². The molecule has 4 aromatic carbocycles. The summed E-state index contributed by atoms with van der Waals surface area (Å²) in [7, 11) is 1.53. The molecule has 9 heteroatoms. The first-order valence-electron chi connectivity index (χ1n) is 12.3. The molecule has 0 unspecified atom stereocenters. The molecule has 0 bridgehead atoms. The molecule has 0 radical (unpaired) electrons. The van der Waals surface area contributed by atoms with E-state index in [1.807, 2.05) is 6.07 Å². The first kappa shape index (κ1) is 25.3. The fourth-order valence-corrected chi connectivity index (χ4v) is 4.45. The zero-order valence-electron chi connectivity index (χ0n) is 21.2. The van der Waals surface area contributed by atoms with E-state index in [0.717, 1.165) is 10.9 Å². The van der Waals surface area contributed by atoms with Crippen LogP contribution in [-0.2, 0) is 6.61 Å². The number of furan rings is 1. The summed E-state index contributed by atoms with van der Waals surface area (Å²) in [6.45, 7) is 0.244. The number of para-hydroxylation sites is 1. The lowest BCUT2D eigenvalue weighted by Crippen LogP contribution is -2.20. The average Bonchev–Trinajstić information content (AvgIpc) is 3.39. The summed E-state index contributed by atoms with van der Waals surface area (Å²) in [6.07, 6.45) is 1.53. The second-order valence-corrected chi connectivity index (χ2v) is 9.37. The maximum Gasteiger partial charge on any atom is 0.282 e. The molecule has 198 valence electrons. The van der Waals surface area contributed by atoms with Crippen molar-refractivity contribution in [1.29, 1.82) is 0 Å². The molecule has 0 aliphatic carbocycles. The van der Waals surface area contributed by atoms with Crippen LogP contribution >= 0.6 is 11.6 Å². The van der Waals surface area contributed by atoms with Gasteiger partial charge in [0.2, 0.25) is 5.82 Å². The fraction of sp³-hybridized carbons (Fsp3) is 0.0645. The number of halogens is 2. The maximum absolute atomic E-state index is 13.5. The molecule has 0 aliphatic rings. The van der Waals surface area contributed by atoms with Crippen LogP contribution in [0.3, 0.4) is 0 Å². The van der Waals surface area contributed by atoms with Gasteiger partial charge in [0.15, 0.2) is 17.3 Å². The Bertz CT molecular complexity index is 1950. The summed E-state index contributed by atoms with van der Waals surface area (Å²) >= 11 is 6.15. The number of ether oxygens (including phenoxy) is 2. The summed E-state index contributed by atoms with van der Waals surface area (Å²) < 4.78 is 31.8. The van der Waals surface area contributed by atoms with Crippen molar-refractivity contribution in [2.75, 3.05) is 7.11 Å². The third-order valence-electron chi connectivity index (χ3n) is 6.27. The number of benzene rings is 4. The smallest absolute Gasteiger partial charge is 0.282 e. The number of aromatic nitrogens is 2. The second-order valence-electron chi connectivity index (χ2n) is 8.93. The number of rotatable bonds is 7. The second kappa shape index (κ2) is 10.7. The molecule has 0 saturated heterocycles. The van der Waals surface area contributed by atoms with E-state index in [1.54, 1.807) is 72.8 Å². The molecule has 0 aliphatic heterocycles. The highest BCUT2D eigenvalue weighted by atomic mass is 35.5. The van der Waals surface area contributed by atoms with Gasteiger partial charge in [-0.2, -0.15) is 9.78 Å². The minimum Gasteiger partial charge on any atom is -0.493 e. The number of fused-ring (bicyclic) bond motifs is 2. The van der Waals surface area contributed by atoms with Crippen molar-refractivity contribution in [3.05, 3.63) is 123 Å². The van der Waals surface area contributed by atoms with Gasteiger partial charge in [0.1, 0.15) is 18.0 Å². The molecule has 0 N–H and O–H groups in total. The van der Waals surface area contributed by atoms with Crippen molar-refractivity contribution in [1.82, 2.24) is 9.66 Å². The largest absolute Gasteiger partial charge is 0.493 e. The van der Waals surface area contributed by atoms with Crippen LogP contribution < -0.4 is 15.0 Å². The highest BCUT2D eigenvalue weighted by Crippen LogP contribution is 2.30. The van der Waals surface area contributed by atoms with Crippen molar-refractivity contribution in [3.63, 3.8) is 0 Å². The summed E-state index contributed by atoms with van der Waals surface area (Å²) in [5, 5.41) is 6.27. The van der Waals surface area contributed by atoms with Crippen molar-refractivity contribution < 1.29 is 18.3 Å². The van der Waals surface area contributed by atoms with Crippen LogP contribution in [0.15, 0.2) is 105 Å². The molecule has 2 heterocycles. The van der Waals surface area contributed by atoms with E-state index >= 15 is 0 Å². The lowest BCUT2D eigenvalue weighted by atomic mass is 10.2. The Labute approximate surface area is 232 Å². The lowest BCUT2D eigenvalue weighted by Gasteiger charge is -2.11. The molecule has 0 fully saturated rings. The minimum atomic E-state index is -0.346. The van der Waals surface area contributed by atoms with E-state index < -0.39 is 0 Å². The minimum absolute atomic E-state index is 0.244. The third-order valence-corrected chi connectivity index (χ3v) is 6.51. The molecule has 2 aromatic heterocycles. The van der Waals surface area contributed by atoms with Gasteiger partial charge in [-0.15, -0.1) is 0 Å². The molecule has 0 amide bonds. The van der Waals surface area contributed by atoms with Crippen molar-refractivity contribution in [2.24, 2.45) is 5.10 Å². The Hall–Kier alpha value is -4.95.